The van der Waals surface area contributed by atoms with Crippen LogP contribution in [-0.2, 0) is 14.3 Å². The Morgan fingerprint density at radius 2 is 1.83 bits per heavy atom. The normalized spacial score (nSPS) is 10.4. The Bertz CT molecular complexity index is 224. The van der Waals surface area contributed by atoms with Gasteiger partial charge in [0.15, 0.2) is 0 Å². The zero-order valence-corrected chi connectivity index (χ0v) is 10.7. The van der Waals surface area contributed by atoms with Gasteiger partial charge in [0.25, 0.3) is 0 Å². The number of hydrogen-bond donors (Lipinski definition) is 3. The number of nitrogens with one attached hydrogen (secondary N) is 1. The van der Waals surface area contributed by atoms with Crippen LogP contribution in [0.2, 0.25) is 0 Å². The molecule has 18 heavy (non-hydrogen) atoms. The van der Waals surface area contributed by atoms with Crippen LogP contribution in [0, 0.1) is 0 Å². The molecule has 0 saturated heterocycles. The number of nitrogens with zero attached hydrogens (tertiary/aromatic N) is 1. The lowest BCUT2D eigenvalue weighted by molar-refractivity contribution is -0.144. The van der Waals surface area contributed by atoms with Crippen molar-refractivity contribution in [2.45, 2.75) is 12.8 Å². The van der Waals surface area contributed by atoms with E-state index in [4.69, 9.17) is 14.9 Å². The number of amides is 1. The third-order valence-corrected chi connectivity index (χ3v) is 2.21. The van der Waals surface area contributed by atoms with E-state index >= 15 is 0 Å². The second-order valence-corrected chi connectivity index (χ2v) is 3.82. The van der Waals surface area contributed by atoms with Crippen LogP contribution in [0.25, 0.3) is 0 Å². The van der Waals surface area contributed by atoms with Crippen LogP contribution in [-0.4, -0.2) is 73.5 Å². The van der Waals surface area contributed by atoms with Gasteiger partial charge >= 0.3 is 5.97 Å². The minimum absolute atomic E-state index is 0.0200. The summed E-state index contributed by atoms with van der Waals surface area (Å²) >= 11 is 0. The van der Waals surface area contributed by atoms with E-state index in [-0.39, 0.29) is 44.7 Å². The molecule has 7 nitrogen and oxygen atoms in total. The number of carbonyl (C=O) groups is 2. The van der Waals surface area contributed by atoms with Crippen LogP contribution in [0.3, 0.4) is 0 Å². The number of rotatable bonds is 10. The highest BCUT2D eigenvalue weighted by molar-refractivity contribution is 5.76. The SMILES string of the molecule is CN(CCC(=O)NCCO)CCC(=O)OCCO. The Hall–Kier alpha value is -1.18. The molecule has 0 aromatic rings. The topological polar surface area (TPSA) is 99.1 Å². The Morgan fingerprint density at radius 1 is 1.17 bits per heavy atom. The van der Waals surface area contributed by atoms with Crippen LogP contribution < -0.4 is 5.32 Å². The van der Waals surface area contributed by atoms with E-state index < -0.39 is 0 Å². The van der Waals surface area contributed by atoms with Crippen LogP contribution in [0.4, 0.5) is 0 Å². The van der Waals surface area contributed by atoms with Crippen molar-refractivity contribution in [3.05, 3.63) is 0 Å². The molecule has 106 valence electrons. The Morgan fingerprint density at radius 3 is 2.44 bits per heavy atom. The largest absolute Gasteiger partial charge is 0.463 e. The molecule has 1 amide bonds. The fraction of sp³-hybridized carbons (Fsp3) is 0.818. The van der Waals surface area contributed by atoms with Crippen molar-refractivity contribution in [2.75, 3.05) is 46.5 Å². The molecule has 0 unspecified atom stereocenters. The van der Waals surface area contributed by atoms with Crippen molar-refractivity contribution in [2.24, 2.45) is 0 Å². The minimum atomic E-state index is -0.361. The van der Waals surface area contributed by atoms with Gasteiger partial charge in [-0.25, -0.2) is 0 Å². The number of carbonyl (C=O) groups excluding carboxylic acids is 2. The summed E-state index contributed by atoms with van der Waals surface area (Å²) in [4.78, 5) is 24.2. The third-order valence-electron chi connectivity index (χ3n) is 2.21. The molecule has 0 atom stereocenters. The molecule has 0 spiro atoms. The fourth-order valence-corrected chi connectivity index (χ4v) is 1.20. The lowest BCUT2D eigenvalue weighted by atomic mass is 10.3. The van der Waals surface area contributed by atoms with Crippen molar-refractivity contribution in [3.8, 4) is 0 Å². The van der Waals surface area contributed by atoms with E-state index in [9.17, 15) is 9.59 Å². The second kappa shape index (κ2) is 10.9. The monoisotopic (exact) mass is 262 g/mol. The first kappa shape index (κ1) is 16.8. The zero-order chi connectivity index (χ0) is 13.8. The van der Waals surface area contributed by atoms with Crippen LogP contribution >= 0.6 is 0 Å². The van der Waals surface area contributed by atoms with Gasteiger partial charge in [-0.2, -0.15) is 0 Å². The highest BCUT2D eigenvalue weighted by atomic mass is 16.5. The van der Waals surface area contributed by atoms with Gasteiger partial charge in [0.1, 0.15) is 6.61 Å². The molecule has 0 bridgehead atoms. The van der Waals surface area contributed by atoms with Gasteiger partial charge in [0.05, 0.1) is 19.6 Å². The Balaban J connectivity index is 3.55. The van der Waals surface area contributed by atoms with E-state index in [1.54, 1.807) is 7.05 Å². The minimum Gasteiger partial charge on any atom is -0.463 e. The number of esters is 1. The summed E-state index contributed by atoms with van der Waals surface area (Å²) in [5.41, 5.74) is 0. The molecule has 0 saturated carbocycles. The van der Waals surface area contributed by atoms with Gasteiger partial charge < -0.3 is 25.2 Å². The lowest BCUT2D eigenvalue weighted by Crippen LogP contribution is -2.31. The van der Waals surface area contributed by atoms with Gasteiger partial charge in [-0.15, -0.1) is 0 Å². The van der Waals surface area contributed by atoms with Crippen molar-refractivity contribution in [1.82, 2.24) is 10.2 Å². The molecule has 0 aromatic heterocycles. The molecule has 0 rings (SSSR count). The van der Waals surface area contributed by atoms with Crippen LogP contribution in [0.5, 0.6) is 0 Å². The zero-order valence-electron chi connectivity index (χ0n) is 10.7. The first-order valence-electron chi connectivity index (χ1n) is 5.92. The average molecular weight is 262 g/mol. The van der Waals surface area contributed by atoms with Crippen LogP contribution in [0.15, 0.2) is 0 Å². The summed E-state index contributed by atoms with van der Waals surface area (Å²) in [7, 11) is 1.80. The maximum Gasteiger partial charge on any atom is 0.307 e. The maximum atomic E-state index is 11.2. The maximum absolute atomic E-state index is 11.2. The number of hydrogen-bond acceptors (Lipinski definition) is 6. The predicted molar refractivity (Wildman–Crippen MR) is 64.9 cm³/mol. The molecule has 0 fully saturated rings. The quantitative estimate of drug-likeness (QED) is 0.408. The highest BCUT2D eigenvalue weighted by Crippen LogP contribution is 1.93. The summed E-state index contributed by atoms with van der Waals surface area (Å²) in [6.45, 7) is 1.06. The standard InChI is InChI=1S/C11H22N2O5/c1-13(5-2-10(16)12-4-7-14)6-3-11(17)18-9-8-15/h14-15H,2-9H2,1H3,(H,12,16). The van der Waals surface area contributed by atoms with Gasteiger partial charge in [0, 0.05) is 26.1 Å². The number of aliphatic hydroxyl groups excluding tert-OH is 2. The van der Waals surface area contributed by atoms with E-state index in [1.807, 2.05) is 4.90 Å². The van der Waals surface area contributed by atoms with Gasteiger partial charge in [-0.3, -0.25) is 9.59 Å². The molecule has 7 heteroatoms. The van der Waals surface area contributed by atoms with Gasteiger partial charge in [-0.05, 0) is 7.05 Å². The van der Waals surface area contributed by atoms with E-state index in [2.05, 4.69) is 5.32 Å². The fourth-order valence-electron chi connectivity index (χ4n) is 1.20. The van der Waals surface area contributed by atoms with Crippen molar-refractivity contribution in [1.29, 1.82) is 0 Å². The van der Waals surface area contributed by atoms with Crippen molar-refractivity contribution < 1.29 is 24.5 Å². The Kier molecular flexibility index (Phi) is 10.2. The summed E-state index contributed by atoms with van der Waals surface area (Å²) in [5, 5.41) is 19.5. The van der Waals surface area contributed by atoms with E-state index in [1.165, 1.54) is 0 Å². The van der Waals surface area contributed by atoms with E-state index in [0.29, 0.717) is 19.5 Å². The highest BCUT2D eigenvalue weighted by Gasteiger charge is 2.07. The molecular formula is C11H22N2O5. The predicted octanol–water partition coefficient (Wildman–Crippen LogP) is -1.66. The first-order chi connectivity index (χ1) is 8.60. The second-order valence-electron chi connectivity index (χ2n) is 3.82. The Labute approximate surface area is 107 Å². The van der Waals surface area contributed by atoms with Gasteiger partial charge in [-0.1, -0.05) is 0 Å². The third kappa shape index (κ3) is 10.0. The summed E-state index contributed by atoms with van der Waals surface area (Å²) in [5.74, 6) is -0.487. The number of ether oxygens (including phenoxy) is 1. The first-order valence-corrected chi connectivity index (χ1v) is 5.92. The molecule has 0 aliphatic carbocycles. The molecule has 0 radical (unpaired) electrons. The summed E-state index contributed by atoms with van der Waals surface area (Å²) < 4.78 is 4.70. The smallest absolute Gasteiger partial charge is 0.307 e. The van der Waals surface area contributed by atoms with Crippen molar-refractivity contribution in [3.63, 3.8) is 0 Å². The summed E-state index contributed by atoms with van der Waals surface area (Å²) in [6.07, 6.45) is 0.553. The number of aliphatic hydroxyl groups is 2. The summed E-state index contributed by atoms with van der Waals surface area (Å²) in [6, 6.07) is 0. The lowest BCUT2D eigenvalue weighted by Gasteiger charge is -2.15. The molecule has 0 aromatic carbocycles. The van der Waals surface area contributed by atoms with Crippen molar-refractivity contribution >= 4 is 11.9 Å². The van der Waals surface area contributed by atoms with E-state index in [0.717, 1.165) is 0 Å². The molecule has 0 heterocycles. The molecule has 0 aliphatic heterocycles. The molecular weight excluding hydrogens is 240 g/mol. The molecule has 0 aliphatic rings. The molecule has 3 N–H and O–H groups in total. The van der Waals surface area contributed by atoms with Crippen LogP contribution in [0.1, 0.15) is 12.8 Å². The van der Waals surface area contributed by atoms with Gasteiger partial charge in [0.2, 0.25) is 5.91 Å². The average Bonchev–Trinajstić information content (AvgIpc) is 2.37.